The third-order valence-corrected chi connectivity index (χ3v) is 32.5. The standard InChI is InChI=1S/C26H12N2O6.C17H12ClNO4S.C16H10ClNO4S.C15H10ClNO4S2.C14H8ClNO4S2.C14H12ClNO2/c29-21-13-7-1-2-8-14(13)22(30)20(28-25(33)17-11-5-6-12-18(17)26(28)34)19(21)27-23(31)15-9-3-4-10-16(15)24(27)32;1-10-6-8-11(9-7-10)24(22,23)19-15-14(18)16(20)12-4-2-3-5-13(12)17(15)21;17-13-14(18-23(21,22)10-6-2-1-3-7-10)16(20)12-9-5-4-8-11(12)15(13)19;1-8-6-7-11(22-8)23(20,21)17-13-12(16)14(18)9-4-2-3-5-10(9)15(13)19;15-11-12(16-22(19,20)10-6-3-7-21-10)14(18)9-5-2-1-4-8(9)13(11)17;1-8(2)16(3)12-11(15)13(17)9-6-4-5-7-10(9)14(12)18/h1-12H;2-9,19H,1H3;1-9,18H;2-7,17H,1H3;1-7,16H;4-7H,1H2,2-3H3. The van der Waals surface area contributed by atoms with Crippen molar-refractivity contribution >= 4 is 214 Å². The van der Waals surface area contributed by atoms with Gasteiger partial charge in [0.25, 0.3) is 63.7 Å². The number of carbonyl (C=O) groups excluding carboxylic acids is 16. The number of fused-ring (bicyclic) bond motifs is 8. The zero-order chi connectivity index (χ0) is 104. The molecule has 0 bridgehead atoms. The Bertz CT molecular complexity index is 8330. The van der Waals surface area contributed by atoms with E-state index in [1.807, 2.05) is 6.92 Å². The average molecular weight is 2140 g/mol. The number of aryl methyl sites for hydroxylation is 2. The highest BCUT2D eigenvalue weighted by molar-refractivity contribution is 7.92. The number of nitrogens with zero attached hydrogens (tertiary/aromatic N) is 3. The third-order valence-electron chi connectivity index (χ3n) is 22.4. The van der Waals surface area contributed by atoms with Gasteiger partial charge in [-0.25, -0.2) is 43.5 Å². The van der Waals surface area contributed by atoms with Gasteiger partial charge in [0.2, 0.25) is 69.4 Å². The number of carbonyl (C=O) groups is 16. The average Bonchev–Trinajstić information content (AvgIpc) is 1.57. The topological polar surface area (TPSA) is 468 Å². The number of thiophene rings is 2. The van der Waals surface area contributed by atoms with Crippen LogP contribution in [0.25, 0.3) is 0 Å². The van der Waals surface area contributed by atoms with Gasteiger partial charge in [0, 0.05) is 84.4 Å². The molecule has 144 heavy (non-hydrogen) atoms. The van der Waals surface area contributed by atoms with Crippen LogP contribution in [-0.4, -0.2) is 148 Å². The molecule has 0 unspecified atom stereocenters. The van der Waals surface area contributed by atoms with Crippen LogP contribution in [-0.2, 0) is 40.1 Å². The van der Waals surface area contributed by atoms with Crippen molar-refractivity contribution in [1.82, 2.24) is 33.6 Å². The summed E-state index contributed by atoms with van der Waals surface area (Å²) < 4.78 is 107. The van der Waals surface area contributed by atoms with Gasteiger partial charge in [0.05, 0.1) is 32.0 Å². The number of sulfonamides is 4. The number of imide groups is 2. The van der Waals surface area contributed by atoms with Crippen LogP contribution in [0, 0.1) is 13.8 Å². The molecule has 722 valence electrons. The lowest BCUT2D eigenvalue weighted by atomic mass is 9.89. The molecule has 8 aliphatic rings. The fraction of sp³-hybridized carbons (Fsp3) is 0.0392. The van der Waals surface area contributed by atoms with Gasteiger partial charge in [-0.2, -0.15) is 0 Å². The van der Waals surface area contributed by atoms with Crippen molar-refractivity contribution in [2.45, 2.75) is 39.0 Å². The quantitative estimate of drug-likeness (QED) is 0.0653. The second kappa shape index (κ2) is 41.1. The number of hydrogen-bond acceptors (Lipinski definition) is 27. The van der Waals surface area contributed by atoms with Crippen LogP contribution < -0.4 is 18.9 Å². The van der Waals surface area contributed by atoms with Gasteiger partial charge < -0.3 is 4.90 Å². The number of likely N-dealkylation sites (N-methyl/N-ethyl adjacent to an activating group) is 1. The van der Waals surface area contributed by atoms with Gasteiger partial charge in [-0.3, -0.25) is 95.6 Å². The minimum atomic E-state index is -4.03. The smallest absolute Gasteiger partial charge is 0.271 e. The summed E-state index contributed by atoms with van der Waals surface area (Å²) in [7, 11) is -14.3. The number of amides is 4. The molecule has 4 amide bonds. The maximum absolute atomic E-state index is 13.6. The fourth-order valence-corrected chi connectivity index (χ4v) is 23.2. The number of hydrogen-bond donors (Lipinski definition) is 4. The van der Waals surface area contributed by atoms with Crippen LogP contribution in [0.3, 0.4) is 0 Å². The van der Waals surface area contributed by atoms with E-state index in [0.717, 1.165) is 33.1 Å². The van der Waals surface area contributed by atoms with Crippen LogP contribution in [0.2, 0.25) is 0 Å². The molecule has 0 saturated heterocycles. The molecule has 2 aliphatic heterocycles. The van der Waals surface area contributed by atoms with Crippen LogP contribution >= 0.6 is 80.7 Å². The molecule has 0 spiro atoms. The van der Waals surface area contributed by atoms with Crippen LogP contribution in [0.15, 0.2) is 374 Å². The summed E-state index contributed by atoms with van der Waals surface area (Å²) in [5.74, 6) is -10.3. The lowest BCUT2D eigenvalue weighted by Crippen LogP contribution is -2.44. The molecule has 42 heteroatoms. The first-order valence-electron chi connectivity index (χ1n) is 41.8. The van der Waals surface area contributed by atoms with Crippen molar-refractivity contribution < 1.29 is 110 Å². The Morgan fingerprint density at radius 2 is 0.528 bits per heavy atom. The summed E-state index contributed by atoms with van der Waals surface area (Å²) in [6, 6.07) is 68.7. The first-order valence-corrected chi connectivity index (χ1v) is 51.4. The van der Waals surface area contributed by atoms with Crippen molar-refractivity contribution in [2.24, 2.45) is 0 Å². The largest absolute Gasteiger partial charge is 0.345 e. The molecule has 2 aromatic heterocycles. The van der Waals surface area contributed by atoms with Gasteiger partial charge in [-0.05, 0) is 92.9 Å². The molecule has 0 atom stereocenters. The van der Waals surface area contributed by atoms with E-state index < -0.39 is 176 Å². The maximum atomic E-state index is 13.6. The molecule has 0 fully saturated rings. The Labute approximate surface area is 852 Å². The van der Waals surface area contributed by atoms with Gasteiger partial charge in [-0.1, -0.05) is 276 Å². The first-order chi connectivity index (χ1) is 68.3. The number of benzene rings is 10. The number of halogens is 5. The monoisotopic (exact) mass is 2140 g/mol. The zero-order valence-electron chi connectivity index (χ0n) is 74.2. The zero-order valence-corrected chi connectivity index (χ0v) is 82.9. The number of nitrogens with one attached hydrogen (secondary N) is 4. The predicted octanol–water partition coefficient (Wildman–Crippen LogP) is 16.6. The predicted molar refractivity (Wildman–Crippen MR) is 531 cm³/mol. The molecule has 4 heterocycles. The summed E-state index contributed by atoms with van der Waals surface area (Å²) in [4.78, 5) is 207. The molecule has 0 radical (unpaired) electrons. The van der Waals surface area contributed by atoms with Gasteiger partial charge >= 0.3 is 0 Å². The molecule has 6 aliphatic carbocycles. The van der Waals surface area contributed by atoms with E-state index in [2.05, 4.69) is 25.5 Å². The van der Waals surface area contributed by atoms with E-state index in [9.17, 15) is 110 Å². The molecule has 0 saturated carbocycles. The van der Waals surface area contributed by atoms with Gasteiger partial charge in [0.15, 0.2) is 0 Å². The van der Waals surface area contributed by atoms with E-state index in [4.69, 9.17) is 58.0 Å². The normalized spacial score (nSPS) is 15.3. The first kappa shape index (κ1) is 103. The van der Waals surface area contributed by atoms with E-state index in [-0.39, 0.29) is 118 Å². The van der Waals surface area contributed by atoms with E-state index >= 15 is 0 Å². The Morgan fingerprint density at radius 3 is 0.806 bits per heavy atom. The molecule has 4 N–H and O–H groups in total. The van der Waals surface area contributed by atoms with Crippen molar-refractivity contribution in [2.75, 3.05) is 7.05 Å². The molecule has 20 rings (SSSR count). The fourth-order valence-electron chi connectivity index (χ4n) is 15.2. The lowest BCUT2D eigenvalue weighted by Gasteiger charge is -2.29. The third kappa shape index (κ3) is 19.6. The minimum Gasteiger partial charge on any atom is -0.345 e. The molecular weight excluding hydrogens is 2080 g/mol. The summed E-state index contributed by atoms with van der Waals surface area (Å²) in [5.41, 5.74) is 0.854. The maximum Gasteiger partial charge on any atom is 0.271 e. The van der Waals surface area contributed by atoms with Crippen molar-refractivity contribution in [3.05, 3.63) is 455 Å². The second-order valence-electron chi connectivity index (χ2n) is 31.5. The highest BCUT2D eigenvalue weighted by atomic mass is 35.5. The van der Waals surface area contributed by atoms with Crippen LogP contribution in [0.5, 0.6) is 0 Å². The molecular formula is C102H64Cl5N7O24S6. The Hall–Kier alpha value is -15.7. The summed E-state index contributed by atoms with van der Waals surface area (Å²) in [6.45, 7) is 9.08. The highest BCUT2D eigenvalue weighted by Crippen LogP contribution is 2.41. The molecule has 12 aromatic rings. The van der Waals surface area contributed by atoms with E-state index in [0.29, 0.717) is 26.6 Å². The Morgan fingerprint density at radius 1 is 0.278 bits per heavy atom. The summed E-state index contributed by atoms with van der Waals surface area (Å²) in [6.07, 6.45) is 0. The Kier molecular flexibility index (Phi) is 29.3. The van der Waals surface area contributed by atoms with Crippen molar-refractivity contribution in [3.8, 4) is 0 Å². The van der Waals surface area contributed by atoms with E-state index in [1.54, 1.807) is 171 Å². The van der Waals surface area contributed by atoms with Crippen molar-refractivity contribution in [1.29, 1.82) is 0 Å². The number of rotatable bonds is 16. The summed E-state index contributed by atoms with van der Waals surface area (Å²) >= 11 is 31.8. The lowest BCUT2D eigenvalue weighted by molar-refractivity contribution is 0.0618. The highest BCUT2D eigenvalue weighted by Gasteiger charge is 2.51. The number of Topliss-reactive ketones (excluding diaryl/α,β-unsaturated/α-hetero) is 12. The molecule has 31 nitrogen and oxygen atoms in total. The van der Waals surface area contributed by atoms with Crippen molar-refractivity contribution in [3.63, 3.8) is 0 Å². The SMILES string of the molecule is C=C(C)N(C)C1=C(Cl)C(=O)c2ccccc2C1=O.Cc1ccc(S(=O)(=O)NC2=C(Cl)C(=O)c3ccccc3C2=O)cc1.Cc1ccc(S(=O)(=O)NC2=C(Cl)C(=O)c3ccccc3C2=O)s1.O=C1C(Cl)=C(NS(=O)(=O)c2ccccc2)C(=O)c2ccccc21.O=C1C(Cl)=C(NS(=O)(=O)c2cccs2)C(=O)c2ccccc21.O=C1C(N2C(=O)c3ccccc3C2=O)=C(N2C(=O)c3ccccc3C2=O)C(=O)c2ccccc21. The Balaban J connectivity index is 0.000000132. The minimum absolute atomic E-state index is 0.0239. The van der Waals surface area contributed by atoms with Crippen LogP contribution in [0.1, 0.15) is 183 Å². The van der Waals surface area contributed by atoms with Crippen LogP contribution in [0.4, 0.5) is 0 Å². The summed E-state index contributed by atoms with van der Waals surface area (Å²) in [5, 5.41) is -0.186. The van der Waals surface area contributed by atoms with E-state index in [1.165, 1.54) is 133 Å². The second-order valence-corrected chi connectivity index (χ2v) is 42.8. The molecule has 10 aromatic carbocycles. The van der Waals surface area contributed by atoms with Gasteiger partial charge in [0.1, 0.15) is 73.5 Å². The van der Waals surface area contributed by atoms with Gasteiger partial charge in [-0.15, -0.1) is 22.7 Å². The number of allylic oxidation sites excluding steroid dienone is 13. The number of ketones is 12.